The Morgan fingerprint density at radius 1 is 1.56 bits per heavy atom. The number of rotatable bonds is 7. The molecule has 5 heteroatoms. The van der Waals surface area contributed by atoms with Gasteiger partial charge in [-0.1, -0.05) is 17.7 Å². The first-order chi connectivity index (χ1) is 7.72. The van der Waals surface area contributed by atoms with Crippen molar-refractivity contribution in [3.05, 3.63) is 34.0 Å². The van der Waals surface area contributed by atoms with Gasteiger partial charge in [-0.2, -0.15) is 0 Å². The Morgan fingerprint density at radius 3 is 3.00 bits per heavy atom. The van der Waals surface area contributed by atoms with E-state index in [1.807, 2.05) is 12.1 Å². The van der Waals surface area contributed by atoms with Gasteiger partial charge in [-0.05, 0) is 18.6 Å². The van der Waals surface area contributed by atoms with E-state index in [0.717, 1.165) is 10.8 Å². The predicted molar refractivity (Wildman–Crippen MR) is 69.1 cm³/mol. The van der Waals surface area contributed by atoms with Gasteiger partial charge >= 0.3 is 0 Å². The van der Waals surface area contributed by atoms with Crippen LogP contribution in [0.2, 0.25) is 4.34 Å². The van der Waals surface area contributed by atoms with Crippen molar-refractivity contribution in [1.82, 2.24) is 10.6 Å². The molecule has 1 aromatic rings. The number of carbonyl (C=O) groups excluding carboxylic acids is 1. The SMILES string of the molecule is C=CCNCC(=O)NCCc1ccc(Cl)s1. The first-order valence-electron chi connectivity index (χ1n) is 5.05. The summed E-state index contributed by atoms with van der Waals surface area (Å²) in [5, 5.41) is 5.77. The van der Waals surface area contributed by atoms with E-state index in [1.54, 1.807) is 17.4 Å². The van der Waals surface area contributed by atoms with Crippen LogP contribution in [0.3, 0.4) is 0 Å². The summed E-state index contributed by atoms with van der Waals surface area (Å²) in [6.45, 7) is 5.18. The molecule has 0 unspecified atom stereocenters. The smallest absolute Gasteiger partial charge is 0.233 e. The third kappa shape index (κ3) is 5.30. The largest absolute Gasteiger partial charge is 0.355 e. The van der Waals surface area contributed by atoms with Gasteiger partial charge in [-0.25, -0.2) is 0 Å². The van der Waals surface area contributed by atoms with Crippen LogP contribution < -0.4 is 10.6 Å². The standard InChI is InChI=1S/C11H15ClN2OS/c1-2-6-13-8-11(15)14-7-5-9-3-4-10(12)16-9/h2-4,13H,1,5-8H2,(H,14,15). The molecule has 0 aromatic carbocycles. The normalized spacial score (nSPS) is 10.1. The van der Waals surface area contributed by atoms with Gasteiger partial charge in [-0.15, -0.1) is 17.9 Å². The Hall–Kier alpha value is -0.840. The lowest BCUT2D eigenvalue weighted by atomic mass is 10.3. The topological polar surface area (TPSA) is 41.1 Å². The van der Waals surface area contributed by atoms with E-state index in [1.165, 1.54) is 4.88 Å². The first-order valence-corrected chi connectivity index (χ1v) is 6.24. The molecular formula is C11H15ClN2OS. The fourth-order valence-electron chi connectivity index (χ4n) is 1.16. The maximum absolute atomic E-state index is 11.3. The van der Waals surface area contributed by atoms with E-state index in [9.17, 15) is 4.79 Å². The first kappa shape index (κ1) is 13.2. The summed E-state index contributed by atoms with van der Waals surface area (Å²) >= 11 is 7.34. The van der Waals surface area contributed by atoms with Crippen molar-refractivity contribution in [1.29, 1.82) is 0 Å². The molecule has 3 nitrogen and oxygen atoms in total. The third-order valence-corrected chi connectivity index (χ3v) is 3.19. The second-order valence-corrected chi connectivity index (χ2v) is 5.02. The summed E-state index contributed by atoms with van der Waals surface area (Å²) in [5.41, 5.74) is 0. The molecule has 1 rings (SSSR count). The van der Waals surface area contributed by atoms with Gasteiger partial charge in [0.1, 0.15) is 0 Å². The van der Waals surface area contributed by atoms with E-state index in [2.05, 4.69) is 17.2 Å². The highest BCUT2D eigenvalue weighted by atomic mass is 35.5. The summed E-state index contributed by atoms with van der Waals surface area (Å²) in [6.07, 6.45) is 2.55. The highest BCUT2D eigenvalue weighted by molar-refractivity contribution is 7.16. The van der Waals surface area contributed by atoms with Crippen LogP contribution in [0.25, 0.3) is 0 Å². The highest BCUT2D eigenvalue weighted by Crippen LogP contribution is 2.21. The van der Waals surface area contributed by atoms with Crippen LogP contribution in [0, 0.1) is 0 Å². The van der Waals surface area contributed by atoms with Gasteiger partial charge in [0.15, 0.2) is 0 Å². The molecule has 0 fully saturated rings. The van der Waals surface area contributed by atoms with Crippen molar-refractivity contribution in [3.8, 4) is 0 Å². The summed E-state index contributed by atoms with van der Waals surface area (Å²) in [7, 11) is 0. The molecule has 16 heavy (non-hydrogen) atoms. The average Bonchev–Trinajstić information content (AvgIpc) is 2.65. The number of halogens is 1. The minimum absolute atomic E-state index is 0.00417. The Kier molecular flexibility index (Phi) is 6.15. The highest BCUT2D eigenvalue weighted by Gasteiger charge is 2.01. The molecule has 0 atom stereocenters. The monoisotopic (exact) mass is 258 g/mol. The predicted octanol–water partition coefficient (Wildman–Crippen LogP) is 1.84. The van der Waals surface area contributed by atoms with Crippen LogP contribution in [0.1, 0.15) is 4.88 Å². The molecule has 88 valence electrons. The number of amides is 1. The van der Waals surface area contributed by atoms with E-state index in [4.69, 9.17) is 11.6 Å². The van der Waals surface area contributed by atoms with Crippen LogP contribution in [-0.4, -0.2) is 25.5 Å². The van der Waals surface area contributed by atoms with Gasteiger partial charge in [0.05, 0.1) is 10.9 Å². The number of carbonyl (C=O) groups is 1. The summed E-state index contributed by atoms with van der Waals surface area (Å²) < 4.78 is 0.786. The van der Waals surface area contributed by atoms with E-state index >= 15 is 0 Å². The van der Waals surface area contributed by atoms with Crippen LogP contribution in [0.4, 0.5) is 0 Å². The Bertz CT molecular complexity index is 352. The van der Waals surface area contributed by atoms with Crippen LogP contribution >= 0.6 is 22.9 Å². The van der Waals surface area contributed by atoms with Gasteiger partial charge in [0.2, 0.25) is 5.91 Å². The lowest BCUT2D eigenvalue weighted by Crippen LogP contribution is -2.34. The molecule has 1 aromatic heterocycles. The number of thiophene rings is 1. The molecule has 2 N–H and O–H groups in total. The second kappa shape index (κ2) is 7.44. The molecule has 0 aliphatic heterocycles. The van der Waals surface area contributed by atoms with Crippen LogP contribution in [-0.2, 0) is 11.2 Å². The van der Waals surface area contributed by atoms with Crippen molar-refractivity contribution in [2.45, 2.75) is 6.42 Å². The Labute approximate surface area is 105 Å². The van der Waals surface area contributed by atoms with Gasteiger partial charge in [0, 0.05) is 18.0 Å². The number of hydrogen-bond acceptors (Lipinski definition) is 3. The molecule has 0 radical (unpaired) electrons. The summed E-state index contributed by atoms with van der Waals surface area (Å²) in [5.74, 6) is 0.00417. The van der Waals surface area contributed by atoms with Gasteiger partial charge < -0.3 is 10.6 Å². The maximum Gasteiger partial charge on any atom is 0.233 e. The fourth-order valence-corrected chi connectivity index (χ4v) is 2.25. The lowest BCUT2D eigenvalue weighted by Gasteiger charge is -2.04. The van der Waals surface area contributed by atoms with Crippen LogP contribution in [0.5, 0.6) is 0 Å². The molecule has 0 spiro atoms. The van der Waals surface area contributed by atoms with Gasteiger partial charge in [0.25, 0.3) is 0 Å². The van der Waals surface area contributed by atoms with E-state index < -0.39 is 0 Å². The van der Waals surface area contributed by atoms with Gasteiger partial charge in [-0.3, -0.25) is 4.79 Å². The molecule has 0 aliphatic rings. The maximum atomic E-state index is 11.3. The average molecular weight is 259 g/mol. The van der Waals surface area contributed by atoms with Crippen molar-refractivity contribution < 1.29 is 4.79 Å². The zero-order valence-corrected chi connectivity index (χ0v) is 10.5. The second-order valence-electron chi connectivity index (χ2n) is 3.23. The van der Waals surface area contributed by atoms with Crippen molar-refractivity contribution in [3.63, 3.8) is 0 Å². The minimum atomic E-state index is 0.00417. The summed E-state index contributed by atoms with van der Waals surface area (Å²) in [4.78, 5) is 12.5. The third-order valence-electron chi connectivity index (χ3n) is 1.90. The van der Waals surface area contributed by atoms with Crippen molar-refractivity contribution >= 4 is 28.8 Å². The van der Waals surface area contributed by atoms with E-state index in [-0.39, 0.29) is 5.91 Å². The van der Waals surface area contributed by atoms with E-state index in [0.29, 0.717) is 19.6 Å². The Balaban J connectivity index is 2.10. The molecule has 1 heterocycles. The zero-order chi connectivity index (χ0) is 11.8. The lowest BCUT2D eigenvalue weighted by molar-refractivity contribution is -0.120. The fraction of sp³-hybridized carbons (Fsp3) is 0.364. The zero-order valence-electron chi connectivity index (χ0n) is 8.96. The molecular weight excluding hydrogens is 244 g/mol. The molecule has 0 aliphatic carbocycles. The summed E-state index contributed by atoms with van der Waals surface area (Å²) in [6, 6.07) is 3.85. The Morgan fingerprint density at radius 2 is 2.38 bits per heavy atom. The number of nitrogens with one attached hydrogen (secondary N) is 2. The quantitative estimate of drug-likeness (QED) is 0.579. The van der Waals surface area contributed by atoms with Crippen LogP contribution in [0.15, 0.2) is 24.8 Å². The molecule has 0 saturated carbocycles. The molecule has 1 amide bonds. The molecule has 0 saturated heterocycles. The molecule has 0 bridgehead atoms. The van der Waals surface area contributed by atoms with Crippen molar-refractivity contribution in [2.24, 2.45) is 0 Å². The minimum Gasteiger partial charge on any atom is -0.355 e. The van der Waals surface area contributed by atoms with Crippen molar-refractivity contribution in [2.75, 3.05) is 19.6 Å². The number of hydrogen-bond donors (Lipinski definition) is 2.